The predicted molar refractivity (Wildman–Crippen MR) is 102 cm³/mol. The molecule has 1 atom stereocenters. The topological polar surface area (TPSA) is 81.8 Å². The summed E-state index contributed by atoms with van der Waals surface area (Å²) in [4.78, 5) is 10.9. The SMILES string of the molecule is COc1cc([C@H](O)c2ccc(-c3ccccc3)cc2)c([N+](=O)[O-])cc1OC. The Balaban J connectivity index is 2.00. The molecule has 0 bridgehead atoms. The van der Waals surface area contributed by atoms with Gasteiger partial charge in [0.2, 0.25) is 0 Å². The molecule has 0 amide bonds. The Morgan fingerprint density at radius 1 is 0.889 bits per heavy atom. The Hall–Kier alpha value is -3.38. The number of hydrogen-bond donors (Lipinski definition) is 1. The fraction of sp³-hybridized carbons (Fsp3) is 0.143. The van der Waals surface area contributed by atoms with E-state index in [1.54, 1.807) is 12.1 Å². The van der Waals surface area contributed by atoms with E-state index in [0.717, 1.165) is 11.1 Å². The Kier molecular flexibility index (Phi) is 5.38. The minimum Gasteiger partial charge on any atom is -0.493 e. The van der Waals surface area contributed by atoms with Crippen molar-refractivity contribution >= 4 is 5.69 Å². The fourth-order valence-electron chi connectivity index (χ4n) is 2.93. The van der Waals surface area contributed by atoms with Gasteiger partial charge in [0.15, 0.2) is 11.5 Å². The van der Waals surface area contributed by atoms with Crippen LogP contribution in [0.25, 0.3) is 11.1 Å². The maximum absolute atomic E-state index is 11.5. The van der Waals surface area contributed by atoms with Crippen LogP contribution in [0.1, 0.15) is 17.2 Å². The second kappa shape index (κ2) is 7.88. The normalized spacial score (nSPS) is 11.7. The second-order valence-electron chi connectivity index (χ2n) is 5.91. The fourth-order valence-corrected chi connectivity index (χ4v) is 2.93. The van der Waals surface area contributed by atoms with Gasteiger partial charge in [0.25, 0.3) is 5.69 Å². The smallest absolute Gasteiger partial charge is 0.279 e. The molecule has 0 aliphatic heterocycles. The number of rotatable bonds is 6. The molecule has 0 spiro atoms. The summed E-state index contributed by atoms with van der Waals surface area (Å²) < 4.78 is 10.3. The lowest BCUT2D eigenvalue weighted by Crippen LogP contribution is -2.05. The van der Waals surface area contributed by atoms with Crippen molar-refractivity contribution < 1.29 is 19.5 Å². The van der Waals surface area contributed by atoms with Crippen molar-refractivity contribution in [1.82, 2.24) is 0 Å². The lowest BCUT2D eigenvalue weighted by molar-refractivity contribution is -0.386. The van der Waals surface area contributed by atoms with Crippen molar-refractivity contribution in [2.24, 2.45) is 0 Å². The molecule has 0 aliphatic rings. The molecule has 138 valence electrons. The molecule has 1 N–H and O–H groups in total. The van der Waals surface area contributed by atoms with Crippen LogP contribution in [0.4, 0.5) is 5.69 Å². The van der Waals surface area contributed by atoms with Crippen LogP contribution < -0.4 is 9.47 Å². The number of benzene rings is 3. The summed E-state index contributed by atoms with van der Waals surface area (Å²) in [6, 6.07) is 19.8. The number of ether oxygens (including phenoxy) is 2. The Morgan fingerprint density at radius 3 is 2.00 bits per heavy atom. The maximum Gasteiger partial charge on any atom is 0.279 e. The molecular weight excluding hydrogens is 346 g/mol. The van der Waals surface area contributed by atoms with Gasteiger partial charge in [0.1, 0.15) is 6.10 Å². The molecule has 6 nitrogen and oxygen atoms in total. The van der Waals surface area contributed by atoms with Crippen molar-refractivity contribution in [2.45, 2.75) is 6.10 Å². The number of nitro benzene ring substituents is 1. The van der Waals surface area contributed by atoms with Crippen molar-refractivity contribution in [1.29, 1.82) is 0 Å². The molecule has 27 heavy (non-hydrogen) atoms. The number of nitrogens with zero attached hydrogens (tertiary/aromatic N) is 1. The van der Waals surface area contributed by atoms with Gasteiger partial charge in [-0.05, 0) is 22.8 Å². The zero-order chi connectivity index (χ0) is 19.4. The van der Waals surface area contributed by atoms with Gasteiger partial charge in [-0.2, -0.15) is 0 Å². The number of nitro groups is 1. The lowest BCUT2D eigenvalue weighted by Gasteiger charge is -2.15. The zero-order valence-corrected chi connectivity index (χ0v) is 15.0. The van der Waals surface area contributed by atoms with E-state index in [0.29, 0.717) is 11.3 Å². The molecule has 3 rings (SSSR count). The van der Waals surface area contributed by atoms with Crippen molar-refractivity contribution in [2.75, 3.05) is 14.2 Å². The largest absolute Gasteiger partial charge is 0.493 e. The highest BCUT2D eigenvalue weighted by molar-refractivity contribution is 5.64. The van der Waals surface area contributed by atoms with E-state index in [1.165, 1.54) is 26.4 Å². The van der Waals surface area contributed by atoms with Gasteiger partial charge in [0.05, 0.1) is 30.8 Å². The molecule has 0 unspecified atom stereocenters. The Labute approximate surface area is 156 Å². The summed E-state index contributed by atoms with van der Waals surface area (Å²) in [5.74, 6) is 0.553. The average molecular weight is 365 g/mol. The highest BCUT2D eigenvalue weighted by atomic mass is 16.6. The van der Waals surface area contributed by atoms with Gasteiger partial charge >= 0.3 is 0 Å². The lowest BCUT2D eigenvalue weighted by atomic mass is 9.97. The van der Waals surface area contributed by atoms with E-state index in [1.807, 2.05) is 42.5 Å². The van der Waals surface area contributed by atoms with Crippen LogP contribution in [-0.4, -0.2) is 24.2 Å². The molecule has 0 aromatic heterocycles. The van der Waals surface area contributed by atoms with Gasteiger partial charge in [-0.15, -0.1) is 0 Å². The molecule has 3 aromatic rings. The highest BCUT2D eigenvalue weighted by Crippen LogP contribution is 2.39. The zero-order valence-electron chi connectivity index (χ0n) is 15.0. The van der Waals surface area contributed by atoms with Crippen LogP contribution >= 0.6 is 0 Å². The molecule has 0 saturated heterocycles. The van der Waals surface area contributed by atoms with Crippen molar-refractivity contribution in [3.8, 4) is 22.6 Å². The number of hydrogen-bond acceptors (Lipinski definition) is 5. The van der Waals surface area contributed by atoms with Crippen LogP contribution in [-0.2, 0) is 0 Å². The second-order valence-corrected chi connectivity index (χ2v) is 5.91. The van der Waals surface area contributed by atoms with Crippen LogP contribution in [0.15, 0.2) is 66.7 Å². The summed E-state index contributed by atoms with van der Waals surface area (Å²) in [7, 11) is 2.84. The summed E-state index contributed by atoms with van der Waals surface area (Å²) in [5.41, 5.74) is 2.51. The van der Waals surface area contributed by atoms with E-state index >= 15 is 0 Å². The van der Waals surface area contributed by atoms with E-state index < -0.39 is 11.0 Å². The predicted octanol–water partition coefficient (Wildman–Crippen LogP) is 4.36. The monoisotopic (exact) mass is 365 g/mol. The first kappa shape index (κ1) is 18.4. The molecule has 0 heterocycles. The number of aliphatic hydroxyl groups is 1. The Morgan fingerprint density at radius 2 is 1.44 bits per heavy atom. The van der Waals surface area contributed by atoms with E-state index in [9.17, 15) is 15.2 Å². The average Bonchev–Trinajstić information content (AvgIpc) is 2.72. The molecule has 0 radical (unpaired) electrons. The third-order valence-corrected chi connectivity index (χ3v) is 4.36. The Bertz CT molecular complexity index is 939. The van der Waals surface area contributed by atoms with Gasteiger partial charge in [-0.25, -0.2) is 0 Å². The quantitative estimate of drug-likeness (QED) is 0.518. The minimum absolute atomic E-state index is 0.144. The molecule has 3 aromatic carbocycles. The van der Waals surface area contributed by atoms with Gasteiger partial charge < -0.3 is 14.6 Å². The summed E-state index contributed by atoms with van der Waals surface area (Å²) >= 11 is 0. The summed E-state index contributed by atoms with van der Waals surface area (Å²) in [5, 5.41) is 22.2. The number of aliphatic hydroxyl groups excluding tert-OH is 1. The van der Waals surface area contributed by atoms with Gasteiger partial charge in [0, 0.05) is 0 Å². The summed E-state index contributed by atoms with van der Waals surface area (Å²) in [6.07, 6.45) is -1.17. The van der Waals surface area contributed by atoms with Crippen LogP contribution in [0, 0.1) is 10.1 Å². The first-order chi connectivity index (χ1) is 13.0. The minimum atomic E-state index is -1.17. The van der Waals surface area contributed by atoms with E-state index in [2.05, 4.69) is 0 Å². The molecule has 0 saturated carbocycles. The van der Waals surface area contributed by atoms with Crippen LogP contribution in [0.3, 0.4) is 0 Å². The first-order valence-corrected chi connectivity index (χ1v) is 8.29. The van der Waals surface area contributed by atoms with Crippen LogP contribution in [0.5, 0.6) is 11.5 Å². The van der Waals surface area contributed by atoms with E-state index in [-0.39, 0.29) is 17.0 Å². The molecule has 0 aliphatic carbocycles. The van der Waals surface area contributed by atoms with Crippen molar-refractivity contribution in [3.05, 3.63) is 88.0 Å². The van der Waals surface area contributed by atoms with Crippen LogP contribution in [0.2, 0.25) is 0 Å². The third kappa shape index (κ3) is 3.75. The number of methoxy groups -OCH3 is 2. The van der Waals surface area contributed by atoms with Gasteiger partial charge in [-0.3, -0.25) is 10.1 Å². The molecular formula is C21H19NO5. The first-order valence-electron chi connectivity index (χ1n) is 8.29. The van der Waals surface area contributed by atoms with Crippen molar-refractivity contribution in [3.63, 3.8) is 0 Å². The standard InChI is InChI=1S/C21H19NO5/c1-26-19-12-17(18(22(24)25)13-20(19)27-2)21(23)16-10-8-15(9-11-16)14-6-4-3-5-7-14/h3-13,21,23H,1-2H3/t21-/m1/s1. The van der Waals surface area contributed by atoms with E-state index in [4.69, 9.17) is 9.47 Å². The van der Waals surface area contributed by atoms with Gasteiger partial charge in [-0.1, -0.05) is 54.6 Å². The summed E-state index contributed by atoms with van der Waals surface area (Å²) in [6.45, 7) is 0. The maximum atomic E-state index is 11.5. The molecule has 0 fully saturated rings. The third-order valence-electron chi connectivity index (χ3n) is 4.36. The highest BCUT2D eigenvalue weighted by Gasteiger charge is 2.25. The molecule has 6 heteroatoms.